The standard InChI is InChI=1S/C30H26N2O5S/c1-18(19-5-3-2-4-6-19)36-29(35)32-25-17-31-37-26(25)24-12-11-22(23-13-16-38-27(23)24)20-7-9-21(10-8-20)30(14-15-30)28(33)34/h2-12,17-18H,13-16H2,1H3,(H,32,35)(H,33,34). The zero-order chi connectivity index (χ0) is 26.3. The molecule has 1 unspecified atom stereocenters. The highest BCUT2D eigenvalue weighted by Gasteiger charge is 2.51. The molecule has 38 heavy (non-hydrogen) atoms. The number of hydrogen-bond acceptors (Lipinski definition) is 6. The third-order valence-electron chi connectivity index (χ3n) is 7.37. The van der Waals surface area contributed by atoms with Gasteiger partial charge in [-0.05, 0) is 60.1 Å². The average molecular weight is 527 g/mol. The Morgan fingerprint density at radius 1 is 1.05 bits per heavy atom. The summed E-state index contributed by atoms with van der Waals surface area (Å²) in [6.07, 6.45) is 2.77. The summed E-state index contributed by atoms with van der Waals surface area (Å²) >= 11 is 1.75. The molecule has 1 amide bonds. The van der Waals surface area contributed by atoms with Gasteiger partial charge >= 0.3 is 12.1 Å². The Morgan fingerprint density at radius 3 is 2.50 bits per heavy atom. The Hall–Kier alpha value is -4.04. The van der Waals surface area contributed by atoms with E-state index in [-0.39, 0.29) is 0 Å². The van der Waals surface area contributed by atoms with Gasteiger partial charge in [-0.25, -0.2) is 4.79 Å². The molecule has 0 bridgehead atoms. The van der Waals surface area contributed by atoms with Gasteiger partial charge in [-0.15, -0.1) is 11.8 Å². The number of amides is 1. The molecular formula is C30H26N2O5S. The Bertz CT molecular complexity index is 1510. The third-order valence-corrected chi connectivity index (χ3v) is 8.53. The lowest BCUT2D eigenvalue weighted by Gasteiger charge is -2.15. The van der Waals surface area contributed by atoms with Crippen LogP contribution >= 0.6 is 11.8 Å². The molecule has 1 aliphatic carbocycles. The smallest absolute Gasteiger partial charge is 0.412 e. The number of carbonyl (C=O) groups excluding carboxylic acids is 1. The molecule has 1 aliphatic heterocycles. The molecule has 1 atom stereocenters. The first-order valence-corrected chi connectivity index (χ1v) is 13.6. The third kappa shape index (κ3) is 4.35. The summed E-state index contributed by atoms with van der Waals surface area (Å²) in [6.45, 7) is 1.82. The molecule has 1 fully saturated rings. The number of nitrogens with one attached hydrogen (secondary N) is 1. The number of aliphatic carboxylic acids is 1. The number of benzene rings is 3. The van der Waals surface area contributed by atoms with Gasteiger partial charge in [0.2, 0.25) is 0 Å². The van der Waals surface area contributed by atoms with Crippen LogP contribution in [0.4, 0.5) is 10.5 Å². The summed E-state index contributed by atoms with van der Waals surface area (Å²) in [7, 11) is 0. The van der Waals surface area contributed by atoms with Crippen molar-refractivity contribution in [2.24, 2.45) is 0 Å². The SMILES string of the molecule is CC(OC(=O)Nc1cnoc1-c1ccc(-c2ccc(C3(C(=O)O)CC3)cc2)c2c1SCC2)c1ccccc1. The fourth-order valence-corrected chi connectivity index (χ4v) is 6.29. The Morgan fingerprint density at radius 2 is 1.79 bits per heavy atom. The molecule has 0 spiro atoms. The van der Waals surface area contributed by atoms with E-state index in [1.807, 2.05) is 67.6 Å². The summed E-state index contributed by atoms with van der Waals surface area (Å²) in [5.41, 5.74) is 5.75. The van der Waals surface area contributed by atoms with Crippen LogP contribution in [0.1, 0.15) is 42.6 Å². The predicted molar refractivity (Wildman–Crippen MR) is 145 cm³/mol. The molecule has 8 heteroatoms. The molecule has 2 heterocycles. The van der Waals surface area contributed by atoms with Crippen molar-refractivity contribution in [1.29, 1.82) is 0 Å². The van der Waals surface area contributed by atoms with E-state index in [4.69, 9.17) is 9.26 Å². The molecule has 192 valence electrons. The van der Waals surface area contributed by atoms with E-state index in [2.05, 4.69) is 16.5 Å². The second-order valence-electron chi connectivity index (χ2n) is 9.68. The maximum Gasteiger partial charge on any atom is 0.412 e. The second kappa shape index (κ2) is 9.68. The first kappa shape index (κ1) is 24.3. The Kier molecular flexibility index (Phi) is 6.19. The molecule has 6 rings (SSSR count). The lowest BCUT2D eigenvalue weighted by Crippen LogP contribution is -2.19. The van der Waals surface area contributed by atoms with Crippen LogP contribution in [-0.4, -0.2) is 28.1 Å². The first-order chi connectivity index (χ1) is 18.5. The van der Waals surface area contributed by atoms with Crippen LogP contribution in [-0.2, 0) is 21.4 Å². The molecular weight excluding hydrogens is 500 g/mol. The lowest BCUT2D eigenvalue weighted by molar-refractivity contribution is -0.140. The maximum absolute atomic E-state index is 12.7. The van der Waals surface area contributed by atoms with Crippen LogP contribution in [0.15, 0.2) is 82.3 Å². The Balaban J connectivity index is 1.25. The monoisotopic (exact) mass is 526 g/mol. The van der Waals surface area contributed by atoms with Crippen molar-refractivity contribution in [2.75, 3.05) is 11.1 Å². The van der Waals surface area contributed by atoms with Gasteiger partial charge in [0.05, 0.1) is 11.6 Å². The minimum absolute atomic E-state index is 0.407. The number of hydrogen-bond donors (Lipinski definition) is 2. The van der Waals surface area contributed by atoms with Crippen LogP contribution in [0, 0.1) is 0 Å². The summed E-state index contributed by atoms with van der Waals surface area (Å²) in [5.74, 6) is 0.674. The highest BCUT2D eigenvalue weighted by atomic mass is 32.2. The molecule has 0 saturated heterocycles. The largest absolute Gasteiger partial charge is 0.481 e. The normalized spacial score (nSPS) is 15.9. The number of nitrogens with zero attached hydrogens (tertiary/aromatic N) is 1. The van der Waals surface area contributed by atoms with Crippen molar-refractivity contribution in [3.05, 3.63) is 89.6 Å². The van der Waals surface area contributed by atoms with E-state index < -0.39 is 23.6 Å². The minimum Gasteiger partial charge on any atom is -0.481 e. The number of rotatable bonds is 7. The molecule has 7 nitrogen and oxygen atoms in total. The topological polar surface area (TPSA) is 102 Å². The fraction of sp³-hybridized carbons (Fsp3) is 0.233. The number of carbonyl (C=O) groups is 2. The summed E-state index contributed by atoms with van der Waals surface area (Å²) < 4.78 is 11.2. The van der Waals surface area contributed by atoms with Gasteiger partial charge in [0.25, 0.3) is 0 Å². The number of ether oxygens (including phenoxy) is 1. The van der Waals surface area contributed by atoms with Crippen LogP contribution in [0.25, 0.3) is 22.5 Å². The van der Waals surface area contributed by atoms with E-state index in [0.29, 0.717) is 24.3 Å². The van der Waals surface area contributed by atoms with E-state index in [1.165, 1.54) is 11.8 Å². The van der Waals surface area contributed by atoms with E-state index in [0.717, 1.165) is 44.9 Å². The number of anilines is 1. The molecule has 2 N–H and O–H groups in total. The van der Waals surface area contributed by atoms with Crippen LogP contribution in [0.2, 0.25) is 0 Å². The zero-order valence-electron chi connectivity index (χ0n) is 20.8. The van der Waals surface area contributed by atoms with Gasteiger partial charge in [-0.3, -0.25) is 10.1 Å². The van der Waals surface area contributed by atoms with Gasteiger partial charge < -0.3 is 14.4 Å². The molecule has 3 aromatic carbocycles. The second-order valence-corrected chi connectivity index (χ2v) is 10.8. The number of aromatic nitrogens is 1. The number of thioether (sulfide) groups is 1. The average Bonchev–Trinajstić information content (AvgIpc) is 3.38. The molecule has 0 radical (unpaired) electrons. The van der Waals surface area contributed by atoms with E-state index in [1.54, 1.807) is 11.8 Å². The van der Waals surface area contributed by atoms with Crippen molar-refractivity contribution in [2.45, 2.75) is 42.6 Å². The van der Waals surface area contributed by atoms with E-state index in [9.17, 15) is 14.7 Å². The minimum atomic E-state index is -0.748. The van der Waals surface area contributed by atoms with Crippen LogP contribution < -0.4 is 5.32 Å². The van der Waals surface area contributed by atoms with Crippen molar-refractivity contribution >= 4 is 29.5 Å². The van der Waals surface area contributed by atoms with Gasteiger partial charge in [0.15, 0.2) is 5.76 Å². The van der Waals surface area contributed by atoms with Crippen molar-refractivity contribution in [3.63, 3.8) is 0 Å². The fourth-order valence-electron chi connectivity index (χ4n) is 5.08. The lowest BCUT2D eigenvalue weighted by atomic mass is 9.91. The van der Waals surface area contributed by atoms with E-state index >= 15 is 0 Å². The molecule has 2 aliphatic rings. The van der Waals surface area contributed by atoms with Crippen molar-refractivity contribution in [3.8, 4) is 22.5 Å². The molecule has 4 aromatic rings. The predicted octanol–water partition coefficient (Wildman–Crippen LogP) is 7.08. The number of carboxylic acid groups (broad SMARTS) is 1. The number of carboxylic acids is 1. The quantitative estimate of drug-likeness (QED) is 0.265. The highest BCUT2D eigenvalue weighted by Crippen LogP contribution is 2.49. The summed E-state index contributed by atoms with van der Waals surface area (Å²) in [4.78, 5) is 25.5. The van der Waals surface area contributed by atoms with Gasteiger partial charge in [0, 0.05) is 16.2 Å². The first-order valence-electron chi connectivity index (χ1n) is 12.6. The van der Waals surface area contributed by atoms with Crippen molar-refractivity contribution in [1.82, 2.24) is 5.16 Å². The van der Waals surface area contributed by atoms with Crippen LogP contribution in [0.3, 0.4) is 0 Å². The number of fused-ring (bicyclic) bond motifs is 1. The Labute approximate surface area is 224 Å². The van der Waals surface area contributed by atoms with Crippen LogP contribution in [0.5, 0.6) is 0 Å². The van der Waals surface area contributed by atoms with Gasteiger partial charge in [-0.2, -0.15) is 0 Å². The zero-order valence-corrected chi connectivity index (χ0v) is 21.6. The molecule has 1 aromatic heterocycles. The summed E-state index contributed by atoms with van der Waals surface area (Å²) in [6, 6.07) is 21.5. The summed E-state index contributed by atoms with van der Waals surface area (Å²) in [5, 5.41) is 16.3. The van der Waals surface area contributed by atoms with Gasteiger partial charge in [0.1, 0.15) is 11.8 Å². The highest BCUT2D eigenvalue weighted by molar-refractivity contribution is 7.99. The van der Waals surface area contributed by atoms with Crippen molar-refractivity contribution < 1.29 is 24.0 Å². The van der Waals surface area contributed by atoms with Gasteiger partial charge in [-0.1, -0.05) is 65.8 Å². The molecule has 1 saturated carbocycles. The maximum atomic E-state index is 12.7.